The van der Waals surface area contributed by atoms with Gasteiger partial charge in [-0.05, 0) is 18.2 Å². The van der Waals surface area contributed by atoms with Crippen molar-refractivity contribution in [3.05, 3.63) is 35.4 Å². The van der Waals surface area contributed by atoms with Gasteiger partial charge in [-0.2, -0.15) is 12.7 Å². The summed E-state index contributed by atoms with van der Waals surface area (Å²) in [7, 11) is -3.77. The van der Waals surface area contributed by atoms with E-state index in [9.17, 15) is 22.0 Å². The maximum atomic E-state index is 13.1. The number of piperazine rings is 1. The summed E-state index contributed by atoms with van der Waals surface area (Å²) in [4.78, 5) is 13.4. The Balaban J connectivity index is 2.07. The maximum Gasteiger partial charge on any atom is 0.277 e. The fourth-order valence-electron chi connectivity index (χ4n) is 1.96. The Bertz CT molecular complexity index is 628. The first kappa shape index (κ1) is 14.8. The Labute approximate surface area is 114 Å². The topological polar surface area (TPSA) is 83.7 Å². The summed E-state index contributed by atoms with van der Waals surface area (Å²) in [5, 5.41) is 4.98. The van der Waals surface area contributed by atoms with Crippen LogP contribution >= 0.6 is 0 Å². The molecule has 0 unspecified atom stereocenters. The Morgan fingerprint density at radius 1 is 1.10 bits per heavy atom. The molecule has 2 N–H and O–H groups in total. The summed E-state index contributed by atoms with van der Waals surface area (Å²) in [5.74, 6) is -2.60. The fraction of sp³-hybridized carbons (Fsp3) is 0.364. The van der Waals surface area contributed by atoms with Crippen LogP contribution in [0.1, 0.15) is 10.4 Å². The van der Waals surface area contributed by atoms with Crippen molar-refractivity contribution >= 4 is 16.1 Å². The SMILES string of the molecule is NS(=O)(=O)N1CCN(C(=O)c2ccc(F)c(F)c2)CC1. The number of nitrogens with zero attached hydrogens (tertiary/aromatic N) is 2. The second-order valence-electron chi connectivity index (χ2n) is 4.37. The number of amides is 1. The van der Waals surface area contributed by atoms with Crippen LogP contribution in [0.2, 0.25) is 0 Å². The number of benzene rings is 1. The van der Waals surface area contributed by atoms with Crippen molar-refractivity contribution in [3.8, 4) is 0 Å². The summed E-state index contributed by atoms with van der Waals surface area (Å²) in [6.45, 7) is 0.449. The van der Waals surface area contributed by atoms with Gasteiger partial charge in [-0.25, -0.2) is 13.9 Å². The standard InChI is InChI=1S/C11H13F2N3O3S/c12-9-2-1-8(7-10(9)13)11(17)15-3-5-16(6-4-15)20(14,18)19/h1-2,7H,3-6H2,(H2,14,18,19). The van der Waals surface area contributed by atoms with Crippen molar-refractivity contribution in [2.45, 2.75) is 0 Å². The van der Waals surface area contributed by atoms with E-state index < -0.39 is 27.8 Å². The minimum atomic E-state index is -3.77. The van der Waals surface area contributed by atoms with Gasteiger partial charge in [0.1, 0.15) is 0 Å². The lowest BCUT2D eigenvalue weighted by Gasteiger charge is -2.32. The first-order chi connectivity index (χ1) is 9.29. The van der Waals surface area contributed by atoms with Gasteiger partial charge in [0.25, 0.3) is 16.1 Å². The van der Waals surface area contributed by atoms with Crippen LogP contribution in [-0.2, 0) is 10.2 Å². The van der Waals surface area contributed by atoms with E-state index in [1.54, 1.807) is 0 Å². The molecule has 1 saturated heterocycles. The lowest BCUT2D eigenvalue weighted by atomic mass is 10.1. The summed E-state index contributed by atoms with van der Waals surface area (Å²) < 4.78 is 49.2. The van der Waals surface area contributed by atoms with Crippen molar-refractivity contribution in [2.75, 3.05) is 26.2 Å². The monoisotopic (exact) mass is 305 g/mol. The second kappa shape index (κ2) is 5.43. The van der Waals surface area contributed by atoms with Crippen molar-refractivity contribution in [1.82, 2.24) is 9.21 Å². The van der Waals surface area contributed by atoms with E-state index in [4.69, 9.17) is 5.14 Å². The highest BCUT2D eigenvalue weighted by Gasteiger charge is 2.27. The molecule has 110 valence electrons. The second-order valence-corrected chi connectivity index (χ2v) is 5.91. The Morgan fingerprint density at radius 3 is 2.20 bits per heavy atom. The molecule has 6 nitrogen and oxygen atoms in total. The molecule has 1 aromatic rings. The van der Waals surface area contributed by atoms with E-state index in [0.29, 0.717) is 0 Å². The van der Waals surface area contributed by atoms with Gasteiger partial charge in [0.05, 0.1) is 0 Å². The molecule has 1 heterocycles. The molecule has 2 rings (SSSR count). The normalized spacial score (nSPS) is 17.2. The predicted molar refractivity (Wildman–Crippen MR) is 66.9 cm³/mol. The number of hydrogen-bond acceptors (Lipinski definition) is 3. The molecule has 0 aromatic heterocycles. The highest BCUT2D eigenvalue weighted by Crippen LogP contribution is 2.13. The number of rotatable bonds is 2. The molecule has 1 amide bonds. The molecule has 20 heavy (non-hydrogen) atoms. The molecule has 0 radical (unpaired) electrons. The average molecular weight is 305 g/mol. The Hall–Kier alpha value is -1.58. The van der Waals surface area contributed by atoms with Crippen molar-refractivity contribution in [1.29, 1.82) is 0 Å². The number of carbonyl (C=O) groups excluding carboxylic acids is 1. The Morgan fingerprint density at radius 2 is 1.70 bits per heavy atom. The average Bonchev–Trinajstić information content (AvgIpc) is 2.40. The third-order valence-corrected chi connectivity index (χ3v) is 4.14. The molecule has 1 aliphatic heterocycles. The lowest BCUT2D eigenvalue weighted by molar-refractivity contribution is 0.0697. The summed E-state index contributed by atoms with van der Waals surface area (Å²) >= 11 is 0. The van der Waals surface area contributed by atoms with Crippen LogP contribution in [0.3, 0.4) is 0 Å². The largest absolute Gasteiger partial charge is 0.336 e. The molecule has 0 saturated carbocycles. The van der Waals surface area contributed by atoms with Crippen LogP contribution in [0.4, 0.5) is 8.78 Å². The van der Waals surface area contributed by atoms with Gasteiger partial charge in [0.2, 0.25) is 0 Å². The maximum absolute atomic E-state index is 13.1. The molecule has 0 aliphatic carbocycles. The third kappa shape index (κ3) is 3.11. The molecule has 1 aromatic carbocycles. The van der Waals surface area contributed by atoms with Gasteiger partial charge >= 0.3 is 0 Å². The molecule has 0 spiro atoms. The van der Waals surface area contributed by atoms with Gasteiger partial charge in [-0.15, -0.1) is 0 Å². The molecular weight excluding hydrogens is 292 g/mol. The van der Waals surface area contributed by atoms with E-state index in [0.717, 1.165) is 16.4 Å². The molecule has 1 fully saturated rings. The first-order valence-corrected chi connectivity index (χ1v) is 7.31. The Kier molecular flexibility index (Phi) is 4.02. The van der Waals surface area contributed by atoms with Gasteiger partial charge in [0, 0.05) is 31.7 Å². The van der Waals surface area contributed by atoms with Crippen molar-refractivity contribution in [2.24, 2.45) is 5.14 Å². The van der Waals surface area contributed by atoms with Crippen LogP contribution < -0.4 is 5.14 Å². The first-order valence-electron chi connectivity index (χ1n) is 5.81. The summed E-state index contributed by atoms with van der Waals surface area (Å²) in [5.41, 5.74) is 0.0213. The number of hydrogen-bond donors (Lipinski definition) is 1. The molecular formula is C11H13F2N3O3S. The molecule has 9 heteroatoms. The van der Waals surface area contributed by atoms with Crippen LogP contribution in [0.25, 0.3) is 0 Å². The summed E-state index contributed by atoms with van der Waals surface area (Å²) in [6.07, 6.45) is 0. The van der Waals surface area contributed by atoms with E-state index in [1.165, 1.54) is 11.0 Å². The highest BCUT2D eigenvalue weighted by atomic mass is 32.2. The van der Waals surface area contributed by atoms with Crippen LogP contribution in [0.5, 0.6) is 0 Å². The van der Waals surface area contributed by atoms with E-state index in [1.807, 2.05) is 0 Å². The minimum absolute atomic E-state index is 0.0213. The third-order valence-electron chi connectivity index (χ3n) is 3.05. The van der Waals surface area contributed by atoms with Crippen molar-refractivity contribution in [3.63, 3.8) is 0 Å². The van der Waals surface area contributed by atoms with Gasteiger partial charge < -0.3 is 4.90 Å². The van der Waals surface area contributed by atoms with E-state index in [2.05, 4.69) is 0 Å². The van der Waals surface area contributed by atoms with Gasteiger partial charge in [-0.1, -0.05) is 0 Å². The fourth-order valence-corrected chi connectivity index (χ4v) is 2.63. The number of carbonyl (C=O) groups is 1. The molecule has 1 aliphatic rings. The van der Waals surface area contributed by atoms with Crippen LogP contribution in [0, 0.1) is 11.6 Å². The number of nitrogens with two attached hydrogens (primary N) is 1. The van der Waals surface area contributed by atoms with E-state index >= 15 is 0 Å². The minimum Gasteiger partial charge on any atom is -0.336 e. The zero-order chi connectivity index (χ0) is 14.9. The predicted octanol–water partition coefficient (Wildman–Crippen LogP) is -0.0739. The van der Waals surface area contributed by atoms with Gasteiger partial charge in [0.15, 0.2) is 11.6 Å². The summed E-state index contributed by atoms with van der Waals surface area (Å²) in [6, 6.07) is 2.89. The highest BCUT2D eigenvalue weighted by molar-refractivity contribution is 7.86. The quantitative estimate of drug-likeness (QED) is 0.830. The molecule has 0 bridgehead atoms. The van der Waals surface area contributed by atoms with Crippen LogP contribution in [0.15, 0.2) is 18.2 Å². The lowest BCUT2D eigenvalue weighted by Crippen LogP contribution is -2.52. The van der Waals surface area contributed by atoms with Crippen LogP contribution in [-0.4, -0.2) is 49.7 Å². The molecule has 0 atom stereocenters. The zero-order valence-electron chi connectivity index (χ0n) is 10.4. The van der Waals surface area contributed by atoms with Crippen molar-refractivity contribution < 1.29 is 22.0 Å². The van der Waals surface area contributed by atoms with E-state index in [-0.39, 0.29) is 31.7 Å². The van der Waals surface area contributed by atoms with Gasteiger partial charge in [-0.3, -0.25) is 4.79 Å². The smallest absolute Gasteiger partial charge is 0.277 e. The number of halogens is 2. The zero-order valence-corrected chi connectivity index (χ0v) is 11.2.